The summed E-state index contributed by atoms with van der Waals surface area (Å²) in [6.45, 7) is 5.74. The smallest absolute Gasteiger partial charge is 0.276 e. The molecular weight excluding hydrogens is 412 g/mol. The van der Waals surface area contributed by atoms with Gasteiger partial charge in [-0.3, -0.25) is 20.4 Å². The Morgan fingerprint density at radius 3 is 2.11 bits per heavy atom. The van der Waals surface area contributed by atoms with E-state index >= 15 is 0 Å². The number of hydrogen-bond donors (Lipinski definition) is 2. The first-order valence-corrected chi connectivity index (χ1v) is 9.34. The SMILES string of the molecule is Cc1ccc(OCC(=O)NNC(=O)COc2ccc(C(C)C)cc2)c(Br)c1. The Labute approximate surface area is 167 Å². The molecule has 2 aromatic carbocycles. The van der Waals surface area contributed by atoms with Crippen LogP contribution in [-0.2, 0) is 9.59 Å². The molecule has 0 aliphatic heterocycles. The molecule has 6 nitrogen and oxygen atoms in total. The Kier molecular flexibility index (Phi) is 7.67. The van der Waals surface area contributed by atoms with Crippen LogP contribution in [0.15, 0.2) is 46.9 Å². The van der Waals surface area contributed by atoms with Crippen LogP contribution in [0.1, 0.15) is 30.9 Å². The van der Waals surface area contributed by atoms with Gasteiger partial charge in [-0.25, -0.2) is 0 Å². The number of ether oxygens (including phenoxy) is 2. The summed E-state index contributed by atoms with van der Waals surface area (Å²) in [4.78, 5) is 23.5. The molecule has 2 N–H and O–H groups in total. The minimum atomic E-state index is -0.475. The molecule has 0 unspecified atom stereocenters. The lowest BCUT2D eigenvalue weighted by molar-refractivity contribution is -0.131. The van der Waals surface area contributed by atoms with Crippen molar-refractivity contribution in [1.82, 2.24) is 10.9 Å². The van der Waals surface area contributed by atoms with Gasteiger partial charge in [-0.05, 0) is 64.2 Å². The molecule has 0 radical (unpaired) electrons. The van der Waals surface area contributed by atoms with Crippen LogP contribution >= 0.6 is 15.9 Å². The number of hydrazine groups is 1. The zero-order chi connectivity index (χ0) is 19.8. The van der Waals surface area contributed by atoms with E-state index < -0.39 is 11.8 Å². The van der Waals surface area contributed by atoms with Crippen molar-refractivity contribution in [2.24, 2.45) is 0 Å². The van der Waals surface area contributed by atoms with E-state index in [1.165, 1.54) is 5.56 Å². The highest BCUT2D eigenvalue weighted by molar-refractivity contribution is 9.10. The second-order valence-corrected chi connectivity index (χ2v) is 7.19. The molecule has 2 aromatic rings. The molecule has 0 saturated heterocycles. The molecule has 2 amide bonds. The Morgan fingerprint density at radius 2 is 1.56 bits per heavy atom. The van der Waals surface area contributed by atoms with Crippen LogP contribution in [-0.4, -0.2) is 25.0 Å². The Hall–Kier alpha value is -2.54. The maximum absolute atomic E-state index is 11.8. The van der Waals surface area contributed by atoms with Gasteiger partial charge in [0.05, 0.1) is 4.47 Å². The number of amides is 2. The average molecular weight is 435 g/mol. The van der Waals surface area contributed by atoms with E-state index in [4.69, 9.17) is 9.47 Å². The number of nitrogens with one attached hydrogen (secondary N) is 2. The van der Waals surface area contributed by atoms with Gasteiger partial charge in [0.1, 0.15) is 11.5 Å². The third-order valence-electron chi connectivity index (χ3n) is 3.70. The normalized spacial score (nSPS) is 10.4. The molecule has 0 heterocycles. The highest BCUT2D eigenvalue weighted by atomic mass is 79.9. The molecule has 0 saturated carbocycles. The van der Waals surface area contributed by atoms with Crippen molar-refractivity contribution in [3.8, 4) is 11.5 Å². The summed E-state index contributed by atoms with van der Waals surface area (Å²) in [6, 6.07) is 13.1. The van der Waals surface area contributed by atoms with E-state index in [2.05, 4.69) is 40.6 Å². The number of aryl methyl sites for hydroxylation is 1. The zero-order valence-electron chi connectivity index (χ0n) is 15.5. The first-order chi connectivity index (χ1) is 12.8. The van der Waals surface area contributed by atoms with Crippen LogP contribution in [0.4, 0.5) is 0 Å². The number of rotatable bonds is 7. The second kappa shape index (κ2) is 9.97. The lowest BCUT2D eigenvalue weighted by Gasteiger charge is -2.11. The fourth-order valence-electron chi connectivity index (χ4n) is 2.18. The standard InChI is InChI=1S/C20H23BrN2O4/c1-13(2)15-5-7-16(8-6-15)26-11-19(24)22-23-20(25)12-27-18-9-4-14(3)10-17(18)21/h4-10,13H,11-12H2,1-3H3,(H,22,24)(H,23,25). The summed E-state index contributed by atoms with van der Waals surface area (Å²) in [5.74, 6) is 0.633. The first kappa shape index (κ1) is 20.8. The van der Waals surface area contributed by atoms with Crippen molar-refractivity contribution in [3.05, 3.63) is 58.1 Å². The fraction of sp³-hybridized carbons (Fsp3) is 0.300. The first-order valence-electron chi connectivity index (χ1n) is 8.54. The summed E-state index contributed by atoms with van der Waals surface area (Å²) >= 11 is 3.37. The number of halogens is 1. The zero-order valence-corrected chi connectivity index (χ0v) is 17.1. The third kappa shape index (κ3) is 6.94. The quantitative estimate of drug-likeness (QED) is 0.653. The largest absolute Gasteiger partial charge is 0.484 e. The third-order valence-corrected chi connectivity index (χ3v) is 4.32. The maximum atomic E-state index is 11.8. The van der Waals surface area contributed by atoms with Crippen LogP contribution in [0.5, 0.6) is 11.5 Å². The Bertz CT molecular complexity index is 791. The van der Waals surface area contributed by atoms with Gasteiger partial charge in [0.15, 0.2) is 13.2 Å². The molecule has 144 valence electrons. The van der Waals surface area contributed by atoms with Gasteiger partial charge in [-0.1, -0.05) is 32.0 Å². The van der Waals surface area contributed by atoms with Crippen LogP contribution in [0.2, 0.25) is 0 Å². The van der Waals surface area contributed by atoms with Gasteiger partial charge in [-0.2, -0.15) is 0 Å². The van der Waals surface area contributed by atoms with Crippen LogP contribution in [0.25, 0.3) is 0 Å². The van der Waals surface area contributed by atoms with Crippen molar-refractivity contribution >= 4 is 27.7 Å². The van der Waals surface area contributed by atoms with Crippen molar-refractivity contribution < 1.29 is 19.1 Å². The van der Waals surface area contributed by atoms with E-state index in [1.54, 1.807) is 6.07 Å². The predicted molar refractivity (Wildman–Crippen MR) is 107 cm³/mol. The highest BCUT2D eigenvalue weighted by Gasteiger charge is 2.08. The summed E-state index contributed by atoms with van der Waals surface area (Å²) in [5, 5.41) is 0. The maximum Gasteiger partial charge on any atom is 0.276 e. The number of benzene rings is 2. The molecule has 0 aromatic heterocycles. The molecule has 2 rings (SSSR count). The molecule has 0 aliphatic rings. The minimum absolute atomic E-state index is 0.203. The van der Waals surface area contributed by atoms with E-state index in [9.17, 15) is 9.59 Å². The highest BCUT2D eigenvalue weighted by Crippen LogP contribution is 2.25. The monoisotopic (exact) mass is 434 g/mol. The van der Waals surface area contributed by atoms with Gasteiger partial charge in [0, 0.05) is 0 Å². The van der Waals surface area contributed by atoms with Gasteiger partial charge < -0.3 is 9.47 Å². The van der Waals surface area contributed by atoms with E-state index in [0.29, 0.717) is 17.4 Å². The van der Waals surface area contributed by atoms with Crippen molar-refractivity contribution in [2.75, 3.05) is 13.2 Å². The van der Waals surface area contributed by atoms with Gasteiger partial charge in [0.2, 0.25) is 0 Å². The molecule has 0 bridgehead atoms. The van der Waals surface area contributed by atoms with E-state index in [0.717, 1.165) is 10.0 Å². The van der Waals surface area contributed by atoms with Crippen molar-refractivity contribution in [2.45, 2.75) is 26.7 Å². The van der Waals surface area contributed by atoms with Gasteiger partial charge in [0.25, 0.3) is 11.8 Å². The molecule has 0 spiro atoms. The fourth-order valence-corrected chi connectivity index (χ4v) is 2.78. The van der Waals surface area contributed by atoms with Crippen molar-refractivity contribution in [1.29, 1.82) is 0 Å². The summed E-state index contributed by atoms with van der Waals surface area (Å²) in [7, 11) is 0. The number of carbonyl (C=O) groups is 2. The molecule has 0 fully saturated rings. The topological polar surface area (TPSA) is 76.7 Å². The van der Waals surface area contributed by atoms with E-state index in [1.807, 2.05) is 43.3 Å². The molecule has 27 heavy (non-hydrogen) atoms. The summed E-state index contributed by atoms with van der Waals surface area (Å²) in [5.41, 5.74) is 6.84. The van der Waals surface area contributed by atoms with Gasteiger partial charge >= 0.3 is 0 Å². The second-order valence-electron chi connectivity index (χ2n) is 6.33. The van der Waals surface area contributed by atoms with E-state index in [-0.39, 0.29) is 13.2 Å². The molecular formula is C20H23BrN2O4. The molecule has 0 atom stereocenters. The average Bonchev–Trinajstić information content (AvgIpc) is 2.64. The minimum Gasteiger partial charge on any atom is -0.484 e. The van der Waals surface area contributed by atoms with Crippen molar-refractivity contribution in [3.63, 3.8) is 0 Å². The van der Waals surface area contributed by atoms with Crippen LogP contribution in [0.3, 0.4) is 0 Å². The van der Waals surface area contributed by atoms with Gasteiger partial charge in [-0.15, -0.1) is 0 Å². The van der Waals surface area contributed by atoms with Crippen LogP contribution < -0.4 is 20.3 Å². The number of hydrogen-bond acceptors (Lipinski definition) is 4. The van der Waals surface area contributed by atoms with Crippen LogP contribution in [0, 0.1) is 6.92 Å². The Morgan fingerprint density at radius 1 is 0.963 bits per heavy atom. The Balaban J connectivity index is 1.69. The predicted octanol–water partition coefficient (Wildman–Crippen LogP) is 3.49. The lowest BCUT2D eigenvalue weighted by atomic mass is 10.0. The number of carbonyl (C=O) groups excluding carboxylic acids is 2. The summed E-state index contributed by atoms with van der Waals surface area (Å²) in [6.07, 6.45) is 0. The molecule has 0 aliphatic carbocycles. The summed E-state index contributed by atoms with van der Waals surface area (Å²) < 4.78 is 11.6. The molecule has 7 heteroatoms. The lowest BCUT2D eigenvalue weighted by Crippen LogP contribution is -2.45.